The summed E-state index contributed by atoms with van der Waals surface area (Å²) in [4.78, 5) is 17.7. The monoisotopic (exact) mass is 289 g/mol. The van der Waals surface area contributed by atoms with Gasteiger partial charge in [-0.3, -0.25) is 0 Å². The molecule has 2 N–H and O–H groups in total. The van der Waals surface area contributed by atoms with Crippen LogP contribution >= 0.6 is 0 Å². The fourth-order valence-electron chi connectivity index (χ4n) is 1.91. The predicted molar refractivity (Wildman–Crippen MR) is 79.0 cm³/mol. The van der Waals surface area contributed by atoms with E-state index in [2.05, 4.69) is 4.98 Å². The van der Waals surface area contributed by atoms with Crippen molar-refractivity contribution in [3.05, 3.63) is 47.9 Å². The van der Waals surface area contributed by atoms with Crippen LogP contribution in [0, 0.1) is 0 Å². The predicted octanol–water partition coefficient (Wildman–Crippen LogP) is 1.82. The van der Waals surface area contributed by atoms with Crippen molar-refractivity contribution >= 4 is 12.0 Å². The summed E-state index contributed by atoms with van der Waals surface area (Å²) in [5.74, 6) is -0.486. The van der Waals surface area contributed by atoms with Crippen molar-refractivity contribution in [1.82, 2.24) is 4.98 Å². The van der Waals surface area contributed by atoms with Gasteiger partial charge in [0.15, 0.2) is 5.69 Å². The number of benzene rings is 1. The van der Waals surface area contributed by atoms with E-state index in [-0.39, 0.29) is 5.69 Å². The van der Waals surface area contributed by atoms with Gasteiger partial charge in [0.05, 0.1) is 6.61 Å². The highest BCUT2D eigenvalue weighted by Gasteiger charge is 2.17. The lowest BCUT2D eigenvalue weighted by Crippen LogP contribution is -2.29. The lowest BCUT2D eigenvalue weighted by atomic mass is 10.2. The normalized spacial score (nSPS) is 10.4. The lowest BCUT2D eigenvalue weighted by molar-refractivity contribution is 0.0519. The van der Waals surface area contributed by atoms with Gasteiger partial charge in [-0.1, -0.05) is 30.3 Å². The van der Waals surface area contributed by atoms with Crippen LogP contribution in [0.25, 0.3) is 0 Å². The number of anilines is 1. The Kier molecular flexibility index (Phi) is 5.34. The van der Waals surface area contributed by atoms with Gasteiger partial charge in [-0.05, 0) is 12.5 Å². The highest BCUT2D eigenvalue weighted by molar-refractivity contribution is 5.87. The third-order valence-corrected chi connectivity index (χ3v) is 2.86. The fourth-order valence-corrected chi connectivity index (χ4v) is 1.91. The van der Waals surface area contributed by atoms with E-state index in [0.29, 0.717) is 32.3 Å². The number of carbonyl (C=O) groups is 1. The maximum atomic E-state index is 11.6. The van der Waals surface area contributed by atoms with Gasteiger partial charge >= 0.3 is 5.97 Å². The molecule has 0 saturated carbocycles. The van der Waals surface area contributed by atoms with Gasteiger partial charge < -0.3 is 19.8 Å². The first-order valence-corrected chi connectivity index (χ1v) is 6.86. The van der Waals surface area contributed by atoms with Crippen molar-refractivity contribution < 1.29 is 13.9 Å². The van der Waals surface area contributed by atoms with Crippen LogP contribution in [0.1, 0.15) is 23.0 Å². The molecule has 0 aliphatic carbocycles. The molecule has 1 heterocycles. The Bertz CT molecular complexity index is 569. The number of nitrogens with zero attached hydrogens (tertiary/aromatic N) is 2. The zero-order valence-corrected chi connectivity index (χ0v) is 12.0. The number of rotatable bonds is 7. The number of esters is 1. The molecule has 0 aliphatic rings. The van der Waals surface area contributed by atoms with E-state index in [1.54, 1.807) is 6.92 Å². The minimum atomic E-state index is -0.486. The second-order valence-corrected chi connectivity index (χ2v) is 4.43. The summed E-state index contributed by atoms with van der Waals surface area (Å²) >= 11 is 0. The van der Waals surface area contributed by atoms with E-state index in [4.69, 9.17) is 14.9 Å². The summed E-state index contributed by atoms with van der Waals surface area (Å²) in [6.07, 6.45) is 1.31. The summed E-state index contributed by atoms with van der Waals surface area (Å²) in [5, 5.41) is 0. The number of hydrogen-bond donors (Lipinski definition) is 1. The molecule has 0 unspecified atom stereocenters. The van der Waals surface area contributed by atoms with Crippen molar-refractivity contribution in [1.29, 1.82) is 0 Å². The average Bonchev–Trinajstić information content (AvgIpc) is 2.98. The Labute approximate surface area is 123 Å². The van der Waals surface area contributed by atoms with E-state index < -0.39 is 5.97 Å². The zero-order chi connectivity index (χ0) is 15.1. The number of hydrogen-bond acceptors (Lipinski definition) is 6. The maximum absolute atomic E-state index is 11.6. The largest absolute Gasteiger partial charge is 0.461 e. The third-order valence-electron chi connectivity index (χ3n) is 2.86. The van der Waals surface area contributed by atoms with E-state index in [1.165, 1.54) is 6.26 Å². The molecule has 0 fully saturated rings. The summed E-state index contributed by atoms with van der Waals surface area (Å²) in [6.45, 7) is 3.70. The number of aromatic nitrogens is 1. The van der Waals surface area contributed by atoms with Gasteiger partial charge in [0.25, 0.3) is 6.01 Å². The molecule has 0 atom stereocenters. The first-order chi connectivity index (χ1) is 10.2. The molecule has 0 spiro atoms. The van der Waals surface area contributed by atoms with Crippen molar-refractivity contribution in [2.75, 3.05) is 24.6 Å². The minimum Gasteiger partial charge on any atom is -0.461 e. The third kappa shape index (κ3) is 4.06. The minimum absolute atomic E-state index is 0.168. The van der Waals surface area contributed by atoms with Crippen LogP contribution in [0.5, 0.6) is 0 Å². The molecule has 2 rings (SSSR count). The van der Waals surface area contributed by atoms with Crippen LogP contribution in [-0.4, -0.2) is 30.6 Å². The number of nitrogens with two attached hydrogens (primary N) is 1. The summed E-state index contributed by atoms with van der Waals surface area (Å²) in [7, 11) is 0. The van der Waals surface area contributed by atoms with Gasteiger partial charge in [0, 0.05) is 19.6 Å². The smallest absolute Gasteiger partial charge is 0.360 e. The summed E-state index contributed by atoms with van der Waals surface area (Å²) < 4.78 is 10.3. The van der Waals surface area contributed by atoms with Gasteiger partial charge in [0.2, 0.25) is 0 Å². The first-order valence-electron chi connectivity index (χ1n) is 6.86. The Morgan fingerprint density at radius 3 is 2.81 bits per heavy atom. The molecule has 0 aliphatic heterocycles. The van der Waals surface area contributed by atoms with E-state index in [0.717, 1.165) is 5.56 Å². The van der Waals surface area contributed by atoms with Crippen LogP contribution in [0.4, 0.5) is 6.01 Å². The van der Waals surface area contributed by atoms with Crippen LogP contribution in [-0.2, 0) is 11.3 Å². The number of oxazole rings is 1. The number of ether oxygens (including phenoxy) is 1. The van der Waals surface area contributed by atoms with E-state index >= 15 is 0 Å². The van der Waals surface area contributed by atoms with Gasteiger partial charge in [-0.15, -0.1) is 0 Å². The Morgan fingerprint density at radius 1 is 1.38 bits per heavy atom. The van der Waals surface area contributed by atoms with E-state index in [9.17, 15) is 4.79 Å². The molecular weight excluding hydrogens is 270 g/mol. The second-order valence-electron chi connectivity index (χ2n) is 4.43. The van der Waals surface area contributed by atoms with Crippen LogP contribution in [0.15, 0.2) is 41.0 Å². The Hall–Kier alpha value is -2.34. The highest BCUT2D eigenvalue weighted by Crippen LogP contribution is 2.17. The summed E-state index contributed by atoms with van der Waals surface area (Å²) in [5.41, 5.74) is 6.91. The van der Waals surface area contributed by atoms with Crippen molar-refractivity contribution in [3.8, 4) is 0 Å². The fraction of sp³-hybridized carbons (Fsp3) is 0.333. The molecule has 1 aromatic heterocycles. The van der Waals surface area contributed by atoms with Gasteiger partial charge in [-0.2, -0.15) is 4.98 Å². The average molecular weight is 289 g/mol. The van der Waals surface area contributed by atoms with Crippen molar-refractivity contribution in [3.63, 3.8) is 0 Å². The SMILES string of the molecule is CCOC(=O)c1coc(N(CCN)Cc2ccccc2)n1. The second kappa shape index (κ2) is 7.44. The van der Waals surface area contributed by atoms with Crippen LogP contribution in [0.2, 0.25) is 0 Å². The van der Waals surface area contributed by atoms with Crippen LogP contribution < -0.4 is 10.6 Å². The Morgan fingerprint density at radius 2 is 2.14 bits per heavy atom. The molecule has 6 nitrogen and oxygen atoms in total. The maximum Gasteiger partial charge on any atom is 0.360 e. The molecule has 21 heavy (non-hydrogen) atoms. The van der Waals surface area contributed by atoms with Crippen LogP contribution in [0.3, 0.4) is 0 Å². The molecular formula is C15H19N3O3. The molecule has 2 aromatic rings. The quantitative estimate of drug-likeness (QED) is 0.783. The standard InChI is InChI=1S/C15H19N3O3/c1-2-20-14(19)13-11-21-15(17-13)18(9-8-16)10-12-6-4-3-5-7-12/h3-7,11H,2,8-10,16H2,1H3. The topological polar surface area (TPSA) is 81.6 Å². The first kappa shape index (κ1) is 15.1. The summed E-state index contributed by atoms with van der Waals surface area (Å²) in [6, 6.07) is 10.3. The van der Waals surface area contributed by atoms with E-state index in [1.807, 2.05) is 35.2 Å². The molecule has 6 heteroatoms. The molecule has 112 valence electrons. The molecule has 0 bridgehead atoms. The molecule has 0 saturated heterocycles. The molecule has 1 aromatic carbocycles. The van der Waals surface area contributed by atoms with Gasteiger partial charge in [0.1, 0.15) is 6.26 Å². The highest BCUT2D eigenvalue weighted by atomic mass is 16.5. The lowest BCUT2D eigenvalue weighted by Gasteiger charge is -2.19. The number of carbonyl (C=O) groups excluding carboxylic acids is 1. The van der Waals surface area contributed by atoms with Crippen molar-refractivity contribution in [2.45, 2.75) is 13.5 Å². The zero-order valence-electron chi connectivity index (χ0n) is 12.0. The van der Waals surface area contributed by atoms with Crippen molar-refractivity contribution in [2.24, 2.45) is 5.73 Å². The van der Waals surface area contributed by atoms with Gasteiger partial charge in [-0.25, -0.2) is 4.79 Å². The molecule has 0 amide bonds. The Balaban J connectivity index is 2.13. The molecule has 0 radical (unpaired) electrons.